The van der Waals surface area contributed by atoms with Crippen LogP contribution < -0.4 is 5.32 Å². The number of nitrogens with zero attached hydrogens (tertiary/aromatic N) is 1. The molecule has 0 aliphatic heterocycles. The molecule has 3 heteroatoms. The molecule has 0 spiro atoms. The van der Waals surface area contributed by atoms with E-state index in [4.69, 9.17) is 0 Å². The van der Waals surface area contributed by atoms with Crippen LogP contribution in [0.15, 0.2) is 28.7 Å². The van der Waals surface area contributed by atoms with Gasteiger partial charge in [0.1, 0.15) is 0 Å². The van der Waals surface area contributed by atoms with Crippen LogP contribution in [0.1, 0.15) is 12.5 Å². The average Bonchev–Trinajstić information content (AvgIpc) is 2.28. The molecule has 1 N–H and O–H groups in total. The summed E-state index contributed by atoms with van der Waals surface area (Å²) in [5.41, 5.74) is 1.38. The molecule has 0 amide bonds. The molecule has 0 saturated heterocycles. The van der Waals surface area contributed by atoms with E-state index >= 15 is 0 Å². The highest BCUT2D eigenvalue weighted by molar-refractivity contribution is 9.10. The van der Waals surface area contributed by atoms with Crippen molar-refractivity contribution in [2.45, 2.75) is 13.3 Å². The number of likely N-dealkylation sites (N-methyl/N-ethyl adjacent to an activating group) is 1. The lowest BCUT2D eigenvalue weighted by Gasteiger charge is -2.13. The Kier molecular flexibility index (Phi) is 6.69. The number of nitrogens with one attached hydrogen (secondary N) is 1. The van der Waals surface area contributed by atoms with Gasteiger partial charge in [0.05, 0.1) is 0 Å². The van der Waals surface area contributed by atoms with Gasteiger partial charge >= 0.3 is 0 Å². The number of hydrogen-bond donors (Lipinski definition) is 1. The molecule has 0 bridgehead atoms. The zero-order valence-corrected chi connectivity index (χ0v) is 11.8. The van der Waals surface area contributed by atoms with Gasteiger partial charge in [-0.25, -0.2) is 0 Å². The van der Waals surface area contributed by atoms with E-state index in [1.54, 1.807) is 0 Å². The molecule has 0 unspecified atom stereocenters. The third-order valence-electron chi connectivity index (χ3n) is 2.69. The summed E-state index contributed by atoms with van der Waals surface area (Å²) >= 11 is 3.49. The molecular formula is C13H21BrN2. The van der Waals surface area contributed by atoms with E-state index in [0.717, 1.165) is 37.1 Å². The molecule has 2 nitrogen and oxygen atoms in total. The fourth-order valence-electron chi connectivity index (χ4n) is 1.48. The van der Waals surface area contributed by atoms with Crippen molar-refractivity contribution < 1.29 is 0 Å². The standard InChI is InChI=1S/C13H21BrN2/c1-3-16(2)10-9-15-8-7-12-5-4-6-13(14)11-12/h4-6,11,15H,3,7-10H2,1-2H3. The van der Waals surface area contributed by atoms with Crippen molar-refractivity contribution in [1.29, 1.82) is 0 Å². The fraction of sp³-hybridized carbons (Fsp3) is 0.538. The van der Waals surface area contributed by atoms with Crippen LogP contribution in [-0.4, -0.2) is 38.1 Å². The summed E-state index contributed by atoms with van der Waals surface area (Å²) in [5, 5.41) is 3.46. The zero-order valence-electron chi connectivity index (χ0n) is 10.2. The van der Waals surface area contributed by atoms with Gasteiger partial charge in [0.15, 0.2) is 0 Å². The van der Waals surface area contributed by atoms with E-state index < -0.39 is 0 Å². The maximum absolute atomic E-state index is 3.49. The van der Waals surface area contributed by atoms with E-state index in [2.05, 4.69) is 64.4 Å². The maximum atomic E-state index is 3.49. The molecule has 90 valence electrons. The van der Waals surface area contributed by atoms with Gasteiger partial charge in [0.25, 0.3) is 0 Å². The van der Waals surface area contributed by atoms with Crippen LogP contribution >= 0.6 is 15.9 Å². The molecular weight excluding hydrogens is 264 g/mol. The van der Waals surface area contributed by atoms with E-state index in [0.29, 0.717) is 0 Å². The first-order chi connectivity index (χ1) is 7.72. The van der Waals surface area contributed by atoms with Crippen LogP contribution in [-0.2, 0) is 6.42 Å². The molecule has 0 aliphatic rings. The maximum Gasteiger partial charge on any atom is 0.0178 e. The molecule has 0 radical (unpaired) electrons. The predicted molar refractivity (Wildman–Crippen MR) is 73.9 cm³/mol. The van der Waals surface area contributed by atoms with Crippen LogP contribution in [0.2, 0.25) is 0 Å². The first kappa shape index (κ1) is 13.7. The molecule has 0 atom stereocenters. The predicted octanol–water partition coefficient (Wildman–Crippen LogP) is 2.53. The average molecular weight is 285 g/mol. The van der Waals surface area contributed by atoms with Crippen LogP contribution in [0.25, 0.3) is 0 Å². The normalized spacial score (nSPS) is 11.0. The van der Waals surface area contributed by atoms with Gasteiger partial charge in [0.2, 0.25) is 0 Å². The van der Waals surface area contributed by atoms with Crippen LogP contribution in [0, 0.1) is 0 Å². The van der Waals surface area contributed by atoms with E-state index in [9.17, 15) is 0 Å². The van der Waals surface area contributed by atoms with E-state index in [1.165, 1.54) is 5.56 Å². The summed E-state index contributed by atoms with van der Waals surface area (Å²) in [4.78, 5) is 2.31. The topological polar surface area (TPSA) is 15.3 Å². The van der Waals surface area contributed by atoms with Crippen molar-refractivity contribution in [2.24, 2.45) is 0 Å². The first-order valence-corrected chi connectivity index (χ1v) is 6.65. The number of benzene rings is 1. The molecule has 1 aromatic rings. The third kappa shape index (κ3) is 5.64. The Bertz CT molecular complexity index is 302. The van der Waals surface area contributed by atoms with Gasteiger partial charge < -0.3 is 10.2 Å². The van der Waals surface area contributed by atoms with E-state index in [1.807, 2.05) is 0 Å². The van der Waals surface area contributed by atoms with Gasteiger partial charge in [-0.2, -0.15) is 0 Å². The zero-order chi connectivity index (χ0) is 11.8. The van der Waals surface area contributed by atoms with Gasteiger partial charge in [-0.1, -0.05) is 35.0 Å². The second kappa shape index (κ2) is 7.82. The molecule has 1 aromatic carbocycles. The van der Waals surface area contributed by atoms with Gasteiger partial charge in [-0.15, -0.1) is 0 Å². The second-order valence-electron chi connectivity index (χ2n) is 4.03. The SMILES string of the molecule is CCN(C)CCNCCc1cccc(Br)c1. The number of halogens is 1. The van der Waals surface area contributed by atoms with Crippen molar-refractivity contribution >= 4 is 15.9 Å². The highest BCUT2D eigenvalue weighted by atomic mass is 79.9. The second-order valence-corrected chi connectivity index (χ2v) is 4.94. The summed E-state index contributed by atoms with van der Waals surface area (Å²) in [7, 11) is 2.15. The van der Waals surface area contributed by atoms with Crippen LogP contribution in [0.5, 0.6) is 0 Å². The summed E-state index contributed by atoms with van der Waals surface area (Å²) in [6.07, 6.45) is 1.09. The van der Waals surface area contributed by atoms with Crippen molar-refractivity contribution in [3.63, 3.8) is 0 Å². The summed E-state index contributed by atoms with van der Waals surface area (Å²) in [5.74, 6) is 0. The molecule has 0 aromatic heterocycles. The summed E-state index contributed by atoms with van der Waals surface area (Å²) in [6.45, 7) is 6.54. The lowest BCUT2D eigenvalue weighted by atomic mass is 10.1. The van der Waals surface area contributed by atoms with Crippen LogP contribution in [0.4, 0.5) is 0 Å². The highest BCUT2D eigenvalue weighted by Gasteiger charge is 1.95. The van der Waals surface area contributed by atoms with Crippen molar-refractivity contribution in [2.75, 3.05) is 33.2 Å². The summed E-state index contributed by atoms with van der Waals surface area (Å²) < 4.78 is 1.16. The largest absolute Gasteiger partial charge is 0.315 e. The minimum Gasteiger partial charge on any atom is -0.315 e. The molecule has 0 saturated carbocycles. The minimum atomic E-state index is 1.05. The fourth-order valence-corrected chi connectivity index (χ4v) is 1.92. The molecule has 0 heterocycles. The Morgan fingerprint density at radius 2 is 2.12 bits per heavy atom. The van der Waals surface area contributed by atoms with Crippen molar-refractivity contribution in [1.82, 2.24) is 10.2 Å². The Morgan fingerprint density at radius 3 is 2.81 bits per heavy atom. The Hall–Kier alpha value is -0.380. The van der Waals surface area contributed by atoms with Crippen molar-refractivity contribution in [3.05, 3.63) is 34.3 Å². The minimum absolute atomic E-state index is 1.05. The lowest BCUT2D eigenvalue weighted by molar-refractivity contribution is 0.349. The molecule has 0 aliphatic carbocycles. The Labute approximate surface area is 107 Å². The van der Waals surface area contributed by atoms with Crippen LogP contribution in [0.3, 0.4) is 0 Å². The molecule has 16 heavy (non-hydrogen) atoms. The number of rotatable bonds is 7. The van der Waals surface area contributed by atoms with Gasteiger partial charge in [-0.05, 0) is 44.3 Å². The monoisotopic (exact) mass is 284 g/mol. The van der Waals surface area contributed by atoms with Gasteiger partial charge in [0, 0.05) is 17.6 Å². The van der Waals surface area contributed by atoms with Crippen molar-refractivity contribution in [3.8, 4) is 0 Å². The third-order valence-corrected chi connectivity index (χ3v) is 3.18. The Balaban J connectivity index is 2.12. The molecule has 0 fully saturated rings. The number of hydrogen-bond acceptors (Lipinski definition) is 2. The quantitative estimate of drug-likeness (QED) is 0.774. The van der Waals surface area contributed by atoms with Gasteiger partial charge in [-0.3, -0.25) is 0 Å². The lowest BCUT2D eigenvalue weighted by Crippen LogP contribution is -2.30. The molecule has 1 rings (SSSR count). The highest BCUT2D eigenvalue weighted by Crippen LogP contribution is 2.11. The Morgan fingerprint density at radius 1 is 1.31 bits per heavy atom. The summed E-state index contributed by atoms with van der Waals surface area (Å²) in [6, 6.07) is 8.50. The van der Waals surface area contributed by atoms with E-state index in [-0.39, 0.29) is 0 Å². The first-order valence-electron chi connectivity index (χ1n) is 5.86. The smallest absolute Gasteiger partial charge is 0.0178 e.